The molecular formula is C12H10BrN5S. The van der Waals surface area contributed by atoms with Crippen molar-refractivity contribution in [1.82, 2.24) is 19.7 Å². The lowest BCUT2D eigenvalue weighted by atomic mass is 10.4. The standard InChI is InChI=1S/C12H10BrN5S/c13-11-3-2-10(19-11)6-15-9-1-4-12(16-5-9)18-8-14-7-17-18/h1-5,7-8,15H,6H2. The lowest BCUT2D eigenvalue weighted by Gasteiger charge is -2.05. The summed E-state index contributed by atoms with van der Waals surface area (Å²) in [5.74, 6) is 0.752. The molecule has 3 rings (SSSR count). The molecule has 3 heterocycles. The number of halogens is 1. The van der Waals surface area contributed by atoms with Crippen molar-refractivity contribution in [2.75, 3.05) is 5.32 Å². The van der Waals surface area contributed by atoms with Crippen LogP contribution in [0.3, 0.4) is 0 Å². The molecule has 0 unspecified atom stereocenters. The number of nitrogens with zero attached hydrogens (tertiary/aromatic N) is 4. The maximum Gasteiger partial charge on any atom is 0.155 e. The average molecular weight is 336 g/mol. The Balaban J connectivity index is 1.66. The van der Waals surface area contributed by atoms with Crippen LogP contribution in [-0.2, 0) is 6.54 Å². The van der Waals surface area contributed by atoms with Crippen LogP contribution in [0.5, 0.6) is 0 Å². The topological polar surface area (TPSA) is 55.6 Å². The summed E-state index contributed by atoms with van der Waals surface area (Å²) >= 11 is 5.17. The van der Waals surface area contributed by atoms with E-state index in [9.17, 15) is 0 Å². The third-order valence-electron chi connectivity index (χ3n) is 2.50. The predicted molar refractivity (Wildman–Crippen MR) is 78.5 cm³/mol. The van der Waals surface area contributed by atoms with Crippen LogP contribution in [0.15, 0.2) is 46.9 Å². The van der Waals surface area contributed by atoms with Crippen LogP contribution in [0.1, 0.15) is 4.88 Å². The number of aromatic nitrogens is 4. The Kier molecular flexibility index (Phi) is 3.56. The van der Waals surface area contributed by atoms with Gasteiger partial charge in [-0.15, -0.1) is 11.3 Å². The van der Waals surface area contributed by atoms with Crippen molar-refractivity contribution in [3.63, 3.8) is 0 Å². The van der Waals surface area contributed by atoms with Crippen LogP contribution in [0.25, 0.3) is 5.82 Å². The molecule has 0 bridgehead atoms. The normalized spacial score (nSPS) is 10.6. The van der Waals surface area contributed by atoms with Crippen molar-refractivity contribution in [2.45, 2.75) is 6.54 Å². The van der Waals surface area contributed by atoms with Gasteiger partial charge in [0.2, 0.25) is 0 Å². The first-order chi connectivity index (χ1) is 9.31. The van der Waals surface area contributed by atoms with E-state index in [-0.39, 0.29) is 0 Å². The van der Waals surface area contributed by atoms with Crippen molar-refractivity contribution >= 4 is 33.0 Å². The fraction of sp³-hybridized carbons (Fsp3) is 0.0833. The Bertz CT molecular complexity index is 647. The van der Waals surface area contributed by atoms with Crippen LogP contribution < -0.4 is 5.32 Å². The van der Waals surface area contributed by atoms with E-state index >= 15 is 0 Å². The van der Waals surface area contributed by atoms with Gasteiger partial charge < -0.3 is 5.32 Å². The average Bonchev–Trinajstić information content (AvgIpc) is 3.08. The van der Waals surface area contributed by atoms with Gasteiger partial charge in [-0.05, 0) is 40.2 Å². The molecule has 0 aromatic carbocycles. The molecule has 0 atom stereocenters. The first-order valence-electron chi connectivity index (χ1n) is 5.60. The summed E-state index contributed by atoms with van der Waals surface area (Å²) in [6, 6.07) is 8.03. The third-order valence-corrected chi connectivity index (χ3v) is 4.12. The van der Waals surface area contributed by atoms with Crippen LogP contribution in [-0.4, -0.2) is 19.7 Å². The van der Waals surface area contributed by atoms with E-state index in [1.807, 2.05) is 18.2 Å². The van der Waals surface area contributed by atoms with Gasteiger partial charge >= 0.3 is 0 Å². The van der Waals surface area contributed by atoms with Crippen LogP contribution in [0.4, 0.5) is 5.69 Å². The highest BCUT2D eigenvalue weighted by atomic mass is 79.9. The molecule has 0 radical (unpaired) electrons. The zero-order chi connectivity index (χ0) is 13.1. The molecule has 1 N–H and O–H groups in total. The Morgan fingerprint density at radius 3 is 2.84 bits per heavy atom. The lowest BCUT2D eigenvalue weighted by Crippen LogP contribution is -2.01. The highest BCUT2D eigenvalue weighted by molar-refractivity contribution is 9.11. The second-order valence-corrected chi connectivity index (χ2v) is 6.35. The highest BCUT2D eigenvalue weighted by Gasteiger charge is 2.00. The molecule has 0 fully saturated rings. The molecule has 7 heteroatoms. The number of hydrogen-bond donors (Lipinski definition) is 1. The largest absolute Gasteiger partial charge is 0.379 e. The summed E-state index contributed by atoms with van der Waals surface area (Å²) in [6.07, 6.45) is 4.90. The number of anilines is 1. The maximum absolute atomic E-state index is 4.33. The van der Waals surface area contributed by atoms with E-state index in [4.69, 9.17) is 0 Å². The summed E-state index contributed by atoms with van der Waals surface area (Å²) in [7, 11) is 0. The molecule has 0 aliphatic carbocycles. The highest BCUT2D eigenvalue weighted by Crippen LogP contribution is 2.22. The molecule has 5 nitrogen and oxygen atoms in total. The van der Waals surface area contributed by atoms with E-state index < -0.39 is 0 Å². The minimum absolute atomic E-state index is 0.752. The number of hydrogen-bond acceptors (Lipinski definition) is 5. The molecule has 0 aliphatic heterocycles. The Labute approximate surface area is 122 Å². The fourth-order valence-corrected chi connectivity index (χ4v) is 3.01. The molecule has 0 spiro atoms. The number of thiophene rings is 1. The molecule has 96 valence electrons. The number of nitrogens with one attached hydrogen (secondary N) is 1. The van der Waals surface area contributed by atoms with Crippen LogP contribution in [0, 0.1) is 0 Å². The van der Waals surface area contributed by atoms with Crippen molar-refractivity contribution in [2.24, 2.45) is 0 Å². The van der Waals surface area contributed by atoms with Gasteiger partial charge in [-0.1, -0.05) is 0 Å². The lowest BCUT2D eigenvalue weighted by molar-refractivity contribution is 0.845. The predicted octanol–water partition coefficient (Wildman–Crippen LogP) is 3.10. The number of pyridine rings is 1. The second kappa shape index (κ2) is 5.50. The molecule has 0 saturated heterocycles. The van der Waals surface area contributed by atoms with Crippen molar-refractivity contribution in [3.8, 4) is 5.82 Å². The summed E-state index contributed by atoms with van der Waals surface area (Å²) < 4.78 is 2.77. The smallest absolute Gasteiger partial charge is 0.155 e. The van der Waals surface area contributed by atoms with Crippen molar-refractivity contribution < 1.29 is 0 Å². The first-order valence-corrected chi connectivity index (χ1v) is 7.21. The Morgan fingerprint density at radius 1 is 1.26 bits per heavy atom. The van der Waals surface area contributed by atoms with E-state index in [2.05, 4.69) is 42.4 Å². The third kappa shape index (κ3) is 2.99. The zero-order valence-electron chi connectivity index (χ0n) is 9.82. The van der Waals surface area contributed by atoms with Gasteiger partial charge in [0.25, 0.3) is 0 Å². The monoisotopic (exact) mass is 335 g/mol. The summed E-state index contributed by atoms with van der Waals surface area (Å²) in [5.41, 5.74) is 0.980. The van der Waals surface area contributed by atoms with E-state index in [0.29, 0.717) is 0 Å². The van der Waals surface area contributed by atoms with Crippen molar-refractivity contribution in [3.05, 3.63) is 51.8 Å². The minimum Gasteiger partial charge on any atom is -0.379 e. The van der Waals surface area contributed by atoms with Crippen LogP contribution >= 0.6 is 27.3 Å². The molecule has 0 saturated carbocycles. The molecule has 19 heavy (non-hydrogen) atoms. The van der Waals surface area contributed by atoms with E-state index in [0.717, 1.165) is 21.8 Å². The molecule has 3 aromatic heterocycles. The summed E-state index contributed by atoms with van der Waals surface area (Å²) in [5, 5.41) is 7.36. The first kappa shape index (κ1) is 12.3. The number of rotatable bonds is 4. The van der Waals surface area contributed by atoms with E-state index in [1.165, 1.54) is 11.2 Å². The van der Waals surface area contributed by atoms with Gasteiger partial charge in [-0.2, -0.15) is 5.10 Å². The molecular weight excluding hydrogens is 326 g/mol. The fourth-order valence-electron chi connectivity index (χ4n) is 1.59. The quantitative estimate of drug-likeness (QED) is 0.795. The molecule has 0 aliphatic rings. The second-order valence-electron chi connectivity index (χ2n) is 3.80. The molecule has 0 amide bonds. The maximum atomic E-state index is 4.33. The van der Waals surface area contributed by atoms with Crippen molar-refractivity contribution in [1.29, 1.82) is 0 Å². The van der Waals surface area contributed by atoms with Gasteiger partial charge in [-0.25, -0.2) is 14.6 Å². The van der Waals surface area contributed by atoms with Crippen LogP contribution in [0.2, 0.25) is 0 Å². The Morgan fingerprint density at radius 2 is 2.21 bits per heavy atom. The van der Waals surface area contributed by atoms with Gasteiger partial charge in [-0.3, -0.25) is 0 Å². The molecule has 3 aromatic rings. The summed E-state index contributed by atoms with van der Waals surface area (Å²) in [4.78, 5) is 9.49. The van der Waals surface area contributed by atoms with E-state index in [1.54, 1.807) is 28.5 Å². The van der Waals surface area contributed by atoms with Gasteiger partial charge in [0.1, 0.15) is 12.7 Å². The van der Waals surface area contributed by atoms with Gasteiger partial charge in [0.05, 0.1) is 15.7 Å². The SMILES string of the molecule is Brc1ccc(CNc2ccc(-n3cncn3)nc2)s1. The van der Waals surface area contributed by atoms with Gasteiger partial charge in [0, 0.05) is 11.4 Å². The zero-order valence-corrected chi connectivity index (χ0v) is 12.2. The minimum atomic E-state index is 0.752. The Hall–Kier alpha value is -1.73. The van der Waals surface area contributed by atoms with Gasteiger partial charge in [0.15, 0.2) is 5.82 Å². The summed E-state index contributed by atoms with van der Waals surface area (Å²) in [6.45, 7) is 0.792.